The highest BCUT2D eigenvalue weighted by Gasteiger charge is 2.10. The van der Waals surface area contributed by atoms with E-state index in [1.807, 2.05) is 12.1 Å². The highest BCUT2D eigenvalue weighted by Crippen LogP contribution is 2.33. The van der Waals surface area contributed by atoms with Crippen LogP contribution in [0.2, 0.25) is 5.02 Å². The molecule has 0 aliphatic carbocycles. The van der Waals surface area contributed by atoms with Crippen LogP contribution in [-0.4, -0.2) is 22.3 Å². The van der Waals surface area contributed by atoms with Crippen molar-refractivity contribution in [1.29, 1.82) is 0 Å². The summed E-state index contributed by atoms with van der Waals surface area (Å²) in [7, 11) is 1.57. The van der Waals surface area contributed by atoms with Crippen molar-refractivity contribution in [1.82, 2.24) is 15.2 Å². The lowest BCUT2D eigenvalue weighted by Crippen LogP contribution is -1.90. The number of rotatable bonds is 2. The molecular weight excluding hydrogens is 202 g/mol. The monoisotopic (exact) mass is 209 g/mol. The third kappa shape index (κ3) is 1.44. The van der Waals surface area contributed by atoms with E-state index in [0.717, 1.165) is 5.56 Å². The number of halogens is 1. The first-order valence-corrected chi connectivity index (χ1v) is 4.39. The van der Waals surface area contributed by atoms with Gasteiger partial charge in [-0.25, -0.2) is 4.98 Å². The number of para-hydroxylation sites is 1. The van der Waals surface area contributed by atoms with Crippen LogP contribution in [-0.2, 0) is 0 Å². The predicted octanol–water partition coefficient (Wildman–Crippen LogP) is 2.13. The van der Waals surface area contributed by atoms with Crippen LogP contribution < -0.4 is 4.74 Å². The Bertz CT molecular complexity index is 428. The minimum atomic E-state index is 0.557. The van der Waals surface area contributed by atoms with Crippen LogP contribution in [0, 0.1) is 0 Å². The number of nitrogens with one attached hydrogen (secondary N) is 1. The first-order chi connectivity index (χ1) is 6.83. The quantitative estimate of drug-likeness (QED) is 0.825. The molecular formula is C9H8ClN3O. The lowest BCUT2D eigenvalue weighted by Gasteiger charge is -2.06. The number of methoxy groups -OCH3 is 1. The number of H-pyrrole nitrogens is 1. The van der Waals surface area contributed by atoms with Gasteiger partial charge in [-0.2, -0.15) is 5.10 Å². The van der Waals surface area contributed by atoms with E-state index in [4.69, 9.17) is 16.3 Å². The normalized spacial score (nSPS) is 10.1. The molecule has 1 heterocycles. The number of aromatic nitrogens is 3. The number of nitrogens with zero attached hydrogens (tertiary/aromatic N) is 2. The fraction of sp³-hybridized carbons (Fsp3) is 0.111. The molecule has 4 nitrogen and oxygen atoms in total. The summed E-state index contributed by atoms with van der Waals surface area (Å²) in [6, 6.07) is 5.47. The molecule has 0 amide bonds. The van der Waals surface area contributed by atoms with Gasteiger partial charge in [0.1, 0.15) is 12.1 Å². The van der Waals surface area contributed by atoms with Crippen molar-refractivity contribution in [3.05, 3.63) is 29.5 Å². The van der Waals surface area contributed by atoms with Crippen LogP contribution in [0.4, 0.5) is 0 Å². The number of hydrogen-bond donors (Lipinski definition) is 1. The summed E-state index contributed by atoms with van der Waals surface area (Å²) in [5, 5.41) is 7.08. The zero-order valence-electron chi connectivity index (χ0n) is 7.49. The standard InChI is InChI=1S/C9H8ClN3O/c1-14-8-6(3-2-4-7(8)10)9-11-5-12-13-9/h2-5H,1H3,(H,11,12,13). The summed E-state index contributed by atoms with van der Waals surface area (Å²) in [6.45, 7) is 0. The molecule has 0 fully saturated rings. The number of benzene rings is 1. The van der Waals surface area contributed by atoms with Gasteiger partial charge in [-0.15, -0.1) is 0 Å². The van der Waals surface area contributed by atoms with E-state index < -0.39 is 0 Å². The summed E-state index contributed by atoms with van der Waals surface area (Å²) in [6.07, 6.45) is 1.44. The summed E-state index contributed by atoms with van der Waals surface area (Å²) >= 11 is 5.96. The molecule has 0 atom stereocenters. The SMILES string of the molecule is COc1c(Cl)cccc1-c1ncn[nH]1. The van der Waals surface area contributed by atoms with E-state index in [0.29, 0.717) is 16.6 Å². The van der Waals surface area contributed by atoms with Gasteiger partial charge in [-0.3, -0.25) is 5.10 Å². The van der Waals surface area contributed by atoms with Crippen molar-refractivity contribution >= 4 is 11.6 Å². The lowest BCUT2D eigenvalue weighted by molar-refractivity contribution is 0.416. The molecule has 1 N–H and O–H groups in total. The van der Waals surface area contributed by atoms with Gasteiger partial charge >= 0.3 is 0 Å². The molecule has 0 radical (unpaired) electrons. The maximum Gasteiger partial charge on any atom is 0.159 e. The van der Waals surface area contributed by atoms with Gasteiger partial charge in [-0.05, 0) is 12.1 Å². The van der Waals surface area contributed by atoms with Gasteiger partial charge in [0.2, 0.25) is 0 Å². The Kier molecular flexibility index (Phi) is 2.37. The van der Waals surface area contributed by atoms with Crippen molar-refractivity contribution < 1.29 is 4.74 Å². The van der Waals surface area contributed by atoms with Crippen molar-refractivity contribution in [2.75, 3.05) is 7.11 Å². The summed E-state index contributed by atoms with van der Waals surface area (Å²) in [4.78, 5) is 4.03. The van der Waals surface area contributed by atoms with Gasteiger partial charge in [-0.1, -0.05) is 17.7 Å². The van der Waals surface area contributed by atoms with Crippen molar-refractivity contribution in [2.24, 2.45) is 0 Å². The van der Waals surface area contributed by atoms with E-state index >= 15 is 0 Å². The zero-order valence-corrected chi connectivity index (χ0v) is 8.25. The molecule has 72 valence electrons. The van der Waals surface area contributed by atoms with E-state index in [2.05, 4.69) is 15.2 Å². The van der Waals surface area contributed by atoms with Crippen molar-refractivity contribution in [3.63, 3.8) is 0 Å². The van der Waals surface area contributed by atoms with E-state index in [9.17, 15) is 0 Å². The zero-order chi connectivity index (χ0) is 9.97. The average molecular weight is 210 g/mol. The Labute approximate surface area is 85.9 Å². The highest BCUT2D eigenvalue weighted by molar-refractivity contribution is 6.32. The van der Waals surface area contributed by atoms with E-state index in [1.54, 1.807) is 13.2 Å². The smallest absolute Gasteiger partial charge is 0.159 e. The summed E-state index contributed by atoms with van der Waals surface area (Å²) < 4.78 is 5.18. The minimum absolute atomic E-state index is 0.557. The Hall–Kier alpha value is -1.55. The molecule has 0 aliphatic heterocycles. The average Bonchev–Trinajstić information content (AvgIpc) is 2.70. The fourth-order valence-corrected chi connectivity index (χ4v) is 1.49. The largest absolute Gasteiger partial charge is 0.494 e. The van der Waals surface area contributed by atoms with Crippen LogP contribution in [0.1, 0.15) is 0 Å². The molecule has 2 rings (SSSR count). The second kappa shape index (κ2) is 3.67. The lowest BCUT2D eigenvalue weighted by atomic mass is 10.2. The van der Waals surface area contributed by atoms with Crippen molar-refractivity contribution in [3.8, 4) is 17.1 Å². The molecule has 0 spiro atoms. The van der Waals surface area contributed by atoms with Crippen molar-refractivity contribution in [2.45, 2.75) is 0 Å². The van der Waals surface area contributed by atoms with Crippen LogP contribution in [0.25, 0.3) is 11.4 Å². The molecule has 0 bridgehead atoms. The highest BCUT2D eigenvalue weighted by atomic mass is 35.5. The third-order valence-electron chi connectivity index (χ3n) is 1.84. The summed E-state index contributed by atoms with van der Waals surface area (Å²) in [5.41, 5.74) is 0.803. The second-order valence-corrected chi connectivity index (χ2v) is 3.06. The molecule has 0 aliphatic rings. The Morgan fingerprint density at radius 1 is 1.43 bits per heavy atom. The molecule has 1 aromatic heterocycles. The van der Waals surface area contributed by atoms with Crippen LogP contribution in [0.3, 0.4) is 0 Å². The van der Waals surface area contributed by atoms with Crippen LogP contribution >= 0.6 is 11.6 Å². The maximum atomic E-state index is 5.96. The predicted molar refractivity (Wildman–Crippen MR) is 53.4 cm³/mol. The number of hydrogen-bond acceptors (Lipinski definition) is 3. The number of ether oxygens (including phenoxy) is 1. The van der Waals surface area contributed by atoms with Crippen LogP contribution in [0.5, 0.6) is 5.75 Å². The van der Waals surface area contributed by atoms with Crippen LogP contribution in [0.15, 0.2) is 24.5 Å². The maximum absolute atomic E-state index is 5.96. The van der Waals surface area contributed by atoms with Gasteiger partial charge in [0, 0.05) is 0 Å². The topological polar surface area (TPSA) is 50.8 Å². The molecule has 0 saturated carbocycles. The Morgan fingerprint density at radius 2 is 2.29 bits per heavy atom. The molecule has 5 heteroatoms. The molecule has 1 aromatic carbocycles. The Balaban J connectivity index is 2.58. The fourth-order valence-electron chi connectivity index (χ4n) is 1.24. The number of aromatic amines is 1. The minimum Gasteiger partial charge on any atom is -0.494 e. The van der Waals surface area contributed by atoms with Gasteiger partial charge < -0.3 is 4.74 Å². The second-order valence-electron chi connectivity index (χ2n) is 2.65. The molecule has 0 unspecified atom stereocenters. The first-order valence-electron chi connectivity index (χ1n) is 4.01. The van der Waals surface area contributed by atoms with E-state index in [1.165, 1.54) is 6.33 Å². The molecule has 0 saturated heterocycles. The Morgan fingerprint density at radius 3 is 2.93 bits per heavy atom. The first kappa shape index (κ1) is 9.02. The summed E-state index contributed by atoms with van der Waals surface area (Å²) in [5.74, 6) is 1.25. The van der Waals surface area contributed by atoms with Gasteiger partial charge in [0.15, 0.2) is 5.82 Å². The third-order valence-corrected chi connectivity index (χ3v) is 2.14. The molecule has 2 aromatic rings. The van der Waals surface area contributed by atoms with Gasteiger partial charge in [0.25, 0.3) is 0 Å². The van der Waals surface area contributed by atoms with E-state index in [-0.39, 0.29) is 0 Å². The van der Waals surface area contributed by atoms with Gasteiger partial charge in [0.05, 0.1) is 17.7 Å². The molecule has 14 heavy (non-hydrogen) atoms.